The van der Waals surface area contributed by atoms with Crippen LogP contribution in [0.5, 0.6) is 0 Å². The molecule has 0 saturated heterocycles. The van der Waals surface area contributed by atoms with Gasteiger partial charge in [-0.2, -0.15) is 0 Å². The Morgan fingerprint density at radius 1 is 1.00 bits per heavy atom. The third-order valence-electron chi connectivity index (χ3n) is 4.34. The summed E-state index contributed by atoms with van der Waals surface area (Å²) >= 11 is 1.26. The van der Waals surface area contributed by atoms with E-state index in [-0.39, 0.29) is 16.7 Å². The Balaban J connectivity index is 1.72. The highest BCUT2D eigenvalue weighted by Gasteiger charge is 2.21. The normalized spacial score (nSPS) is 10.7. The van der Waals surface area contributed by atoms with Gasteiger partial charge in [0.25, 0.3) is 5.91 Å². The second-order valence-corrected chi connectivity index (χ2v) is 7.24. The predicted octanol–water partition coefficient (Wildman–Crippen LogP) is 4.68. The standard InChI is InChI=1S/C22H16N2O4S/c1-27-22(26)16-12-18(13-7-3-2-4-8-13)29-21(16)24-20(25)15-11-14-9-5-6-10-17(14)28-19(15)23/h2-12,23H,1H3,(H,24,25). The van der Waals surface area contributed by atoms with Crippen LogP contribution in [0.3, 0.4) is 0 Å². The zero-order valence-corrected chi connectivity index (χ0v) is 16.2. The summed E-state index contributed by atoms with van der Waals surface area (Å²) in [6, 6.07) is 20.0. The van der Waals surface area contributed by atoms with Crippen molar-refractivity contribution in [2.45, 2.75) is 0 Å². The molecule has 0 unspecified atom stereocenters. The van der Waals surface area contributed by atoms with Crippen molar-refractivity contribution in [3.05, 3.63) is 83.4 Å². The Labute approximate surface area is 169 Å². The zero-order chi connectivity index (χ0) is 20.4. The van der Waals surface area contributed by atoms with E-state index >= 15 is 0 Å². The molecule has 0 saturated carbocycles. The molecule has 7 heteroatoms. The molecule has 0 aliphatic heterocycles. The predicted molar refractivity (Wildman–Crippen MR) is 111 cm³/mol. The van der Waals surface area contributed by atoms with Gasteiger partial charge in [-0.3, -0.25) is 10.2 Å². The lowest BCUT2D eigenvalue weighted by Gasteiger charge is -2.06. The molecule has 2 aromatic carbocycles. The second-order valence-electron chi connectivity index (χ2n) is 6.19. The lowest BCUT2D eigenvalue weighted by Crippen LogP contribution is -2.21. The van der Waals surface area contributed by atoms with E-state index in [1.807, 2.05) is 36.4 Å². The van der Waals surface area contributed by atoms with Crippen LogP contribution in [0, 0.1) is 5.41 Å². The Morgan fingerprint density at radius 3 is 2.48 bits per heavy atom. The van der Waals surface area contributed by atoms with Crippen LogP contribution in [0.2, 0.25) is 0 Å². The highest BCUT2D eigenvalue weighted by molar-refractivity contribution is 7.20. The quantitative estimate of drug-likeness (QED) is 0.483. The monoisotopic (exact) mass is 404 g/mol. The van der Waals surface area contributed by atoms with E-state index in [0.29, 0.717) is 16.0 Å². The molecule has 0 aliphatic carbocycles. The molecular formula is C22H16N2O4S. The third kappa shape index (κ3) is 3.68. The number of hydrogen-bond donors (Lipinski definition) is 2. The average Bonchev–Trinajstić information content (AvgIpc) is 3.17. The summed E-state index contributed by atoms with van der Waals surface area (Å²) in [4.78, 5) is 25.9. The summed E-state index contributed by atoms with van der Waals surface area (Å²) in [6.07, 6.45) is 0. The van der Waals surface area contributed by atoms with E-state index in [4.69, 9.17) is 14.6 Å². The number of carbonyl (C=O) groups excluding carboxylic acids is 2. The lowest BCUT2D eigenvalue weighted by molar-refractivity contribution is 0.0602. The molecule has 2 heterocycles. The number of benzene rings is 2. The van der Waals surface area contributed by atoms with Crippen LogP contribution >= 0.6 is 11.3 Å². The minimum atomic E-state index is -0.548. The van der Waals surface area contributed by atoms with Crippen LogP contribution in [0.15, 0.2) is 71.1 Å². The molecule has 6 nitrogen and oxygen atoms in total. The molecule has 4 aromatic rings. The van der Waals surface area contributed by atoms with E-state index in [2.05, 4.69) is 5.32 Å². The fourth-order valence-electron chi connectivity index (χ4n) is 2.91. The average molecular weight is 404 g/mol. The van der Waals surface area contributed by atoms with Crippen LogP contribution < -0.4 is 10.9 Å². The first-order chi connectivity index (χ1) is 14.1. The molecule has 0 bridgehead atoms. The van der Waals surface area contributed by atoms with E-state index in [9.17, 15) is 9.59 Å². The van der Waals surface area contributed by atoms with Crippen molar-refractivity contribution in [1.29, 1.82) is 5.41 Å². The number of rotatable bonds is 4. The van der Waals surface area contributed by atoms with E-state index < -0.39 is 11.9 Å². The second kappa shape index (κ2) is 7.73. The van der Waals surface area contributed by atoms with Gasteiger partial charge in [0.15, 0.2) is 0 Å². The van der Waals surface area contributed by atoms with Crippen molar-refractivity contribution in [2.75, 3.05) is 12.4 Å². The van der Waals surface area contributed by atoms with E-state index in [1.54, 1.807) is 30.3 Å². The number of hydrogen-bond acceptors (Lipinski definition) is 6. The molecule has 1 amide bonds. The van der Waals surface area contributed by atoms with Crippen molar-refractivity contribution < 1.29 is 18.7 Å². The number of ether oxygens (including phenoxy) is 1. The Bertz CT molecular complexity index is 1270. The highest BCUT2D eigenvalue weighted by atomic mass is 32.1. The van der Waals surface area contributed by atoms with Gasteiger partial charge in [-0.25, -0.2) is 4.79 Å². The Morgan fingerprint density at radius 2 is 1.72 bits per heavy atom. The fourth-order valence-corrected chi connectivity index (χ4v) is 3.95. The SMILES string of the molecule is COC(=O)c1cc(-c2ccccc2)sc1NC(=O)c1cc2ccccc2oc1=N. The number of para-hydroxylation sites is 1. The molecule has 4 rings (SSSR count). The molecule has 2 aromatic heterocycles. The van der Waals surface area contributed by atoms with Gasteiger partial charge in [0.2, 0.25) is 5.55 Å². The zero-order valence-electron chi connectivity index (χ0n) is 15.4. The molecule has 29 heavy (non-hydrogen) atoms. The highest BCUT2D eigenvalue weighted by Crippen LogP contribution is 2.36. The Kier molecular flexibility index (Phi) is 4.97. The van der Waals surface area contributed by atoms with E-state index in [1.165, 1.54) is 18.4 Å². The summed E-state index contributed by atoms with van der Waals surface area (Å²) in [6.45, 7) is 0. The van der Waals surface area contributed by atoms with Crippen LogP contribution in [-0.4, -0.2) is 19.0 Å². The summed E-state index contributed by atoms with van der Waals surface area (Å²) in [5.41, 5.74) is 1.53. The van der Waals surface area contributed by atoms with Crippen molar-refractivity contribution in [3.8, 4) is 10.4 Å². The fraction of sp³-hybridized carbons (Fsp3) is 0.0455. The number of thiophene rings is 1. The molecular weight excluding hydrogens is 388 g/mol. The molecule has 0 radical (unpaired) electrons. The first kappa shape index (κ1) is 18.6. The van der Waals surface area contributed by atoms with Gasteiger partial charge in [0.1, 0.15) is 16.1 Å². The summed E-state index contributed by atoms with van der Waals surface area (Å²) in [5, 5.41) is 11.8. The number of nitrogens with one attached hydrogen (secondary N) is 2. The molecule has 0 aliphatic rings. The number of amides is 1. The van der Waals surface area contributed by atoms with E-state index in [0.717, 1.165) is 10.4 Å². The maximum Gasteiger partial charge on any atom is 0.340 e. The molecule has 0 fully saturated rings. The summed E-state index contributed by atoms with van der Waals surface area (Å²) < 4.78 is 10.3. The summed E-state index contributed by atoms with van der Waals surface area (Å²) in [5.74, 6) is -1.08. The van der Waals surface area contributed by atoms with Gasteiger partial charge in [-0.05, 0) is 23.8 Å². The van der Waals surface area contributed by atoms with Crippen molar-refractivity contribution >= 4 is 39.2 Å². The minimum Gasteiger partial charge on any atom is -0.465 e. The molecule has 0 spiro atoms. The van der Waals surface area contributed by atoms with Crippen molar-refractivity contribution in [1.82, 2.24) is 0 Å². The molecule has 2 N–H and O–H groups in total. The topological polar surface area (TPSA) is 92.4 Å². The number of carbonyl (C=O) groups is 2. The minimum absolute atomic E-state index is 0.0779. The third-order valence-corrected chi connectivity index (χ3v) is 5.44. The van der Waals surface area contributed by atoms with Crippen LogP contribution in [0.4, 0.5) is 5.00 Å². The summed E-state index contributed by atoms with van der Waals surface area (Å²) in [7, 11) is 1.29. The maximum atomic E-state index is 12.9. The first-order valence-corrected chi connectivity index (χ1v) is 9.55. The number of methoxy groups -OCH3 is 1. The lowest BCUT2D eigenvalue weighted by atomic mass is 10.1. The Hall–Kier alpha value is -3.71. The van der Waals surface area contributed by atoms with Gasteiger partial charge >= 0.3 is 5.97 Å². The van der Waals surface area contributed by atoms with Crippen molar-refractivity contribution in [3.63, 3.8) is 0 Å². The smallest absolute Gasteiger partial charge is 0.340 e. The number of esters is 1. The maximum absolute atomic E-state index is 12.9. The van der Waals surface area contributed by atoms with Crippen LogP contribution in [0.25, 0.3) is 21.4 Å². The van der Waals surface area contributed by atoms with Gasteiger partial charge in [0, 0.05) is 10.3 Å². The van der Waals surface area contributed by atoms with Gasteiger partial charge in [0.05, 0.1) is 12.7 Å². The molecule has 144 valence electrons. The van der Waals surface area contributed by atoms with Gasteiger partial charge in [-0.15, -0.1) is 11.3 Å². The molecule has 0 atom stereocenters. The first-order valence-electron chi connectivity index (χ1n) is 8.73. The number of fused-ring (bicyclic) bond motifs is 1. The van der Waals surface area contributed by atoms with Gasteiger partial charge in [-0.1, -0.05) is 48.5 Å². The number of anilines is 1. The van der Waals surface area contributed by atoms with Gasteiger partial charge < -0.3 is 14.5 Å². The van der Waals surface area contributed by atoms with Crippen molar-refractivity contribution in [2.24, 2.45) is 0 Å². The largest absolute Gasteiger partial charge is 0.465 e. The van der Waals surface area contributed by atoms with Crippen LogP contribution in [-0.2, 0) is 4.74 Å². The van der Waals surface area contributed by atoms with Crippen LogP contribution in [0.1, 0.15) is 20.7 Å².